The number of aliphatic hydroxyl groups excluding tert-OH is 1. The van der Waals surface area contributed by atoms with Gasteiger partial charge in [0.25, 0.3) is 0 Å². The van der Waals surface area contributed by atoms with Crippen molar-refractivity contribution in [3.63, 3.8) is 0 Å². The van der Waals surface area contributed by atoms with Crippen molar-refractivity contribution in [2.45, 2.75) is 63.3 Å². The molecule has 1 aromatic rings. The summed E-state index contributed by atoms with van der Waals surface area (Å²) in [6.45, 7) is 3.37. The zero-order valence-corrected chi connectivity index (χ0v) is 14.9. The standard InChI is InChI=1S/C18H26FN3O4/c1-2-4-22-16(23)7-12-6-14-18(25-12)17(24)15(26-14)10-21-8-11-3-5-20-9-13(11)19/h3,5,9,12,14-15,17-18,21,24H,2,4,6-8,10H2,1H3,(H,22,23). The monoisotopic (exact) mass is 367 g/mol. The molecule has 3 N–H and O–H groups in total. The maximum absolute atomic E-state index is 13.5. The van der Waals surface area contributed by atoms with Gasteiger partial charge in [0.15, 0.2) is 0 Å². The number of aliphatic hydroxyl groups is 1. The maximum Gasteiger partial charge on any atom is 0.222 e. The van der Waals surface area contributed by atoms with Crippen LogP contribution in [0.25, 0.3) is 0 Å². The van der Waals surface area contributed by atoms with Crippen LogP contribution in [-0.2, 0) is 20.8 Å². The first-order valence-electron chi connectivity index (χ1n) is 9.13. The Morgan fingerprint density at radius 1 is 1.46 bits per heavy atom. The summed E-state index contributed by atoms with van der Waals surface area (Å²) in [7, 11) is 0. The third-order valence-electron chi connectivity index (χ3n) is 4.78. The number of ether oxygens (including phenoxy) is 2. The van der Waals surface area contributed by atoms with Crippen LogP contribution < -0.4 is 10.6 Å². The molecule has 1 amide bonds. The summed E-state index contributed by atoms with van der Waals surface area (Å²) in [5.41, 5.74) is 0.516. The average Bonchev–Trinajstić information content (AvgIpc) is 3.14. The molecule has 0 aromatic carbocycles. The number of amides is 1. The van der Waals surface area contributed by atoms with Crippen molar-refractivity contribution in [1.82, 2.24) is 15.6 Å². The van der Waals surface area contributed by atoms with E-state index in [1.807, 2.05) is 6.92 Å². The summed E-state index contributed by atoms with van der Waals surface area (Å²) in [5, 5.41) is 16.4. The Morgan fingerprint density at radius 2 is 2.31 bits per heavy atom. The molecule has 0 radical (unpaired) electrons. The molecule has 0 bridgehead atoms. The van der Waals surface area contributed by atoms with Crippen LogP contribution in [-0.4, -0.2) is 59.6 Å². The van der Waals surface area contributed by atoms with Crippen LogP contribution in [0.2, 0.25) is 0 Å². The van der Waals surface area contributed by atoms with Crippen LogP contribution in [0.4, 0.5) is 4.39 Å². The van der Waals surface area contributed by atoms with Crippen molar-refractivity contribution in [2.24, 2.45) is 0 Å². The minimum absolute atomic E-state index is 0.0380. The summed E-state index contributed by atoms with van der Waals surface area (Å²) in [6, 6.07) is 1.61. The number of rotatable bonds is 8. The largest absolute Gasteiger partial charge is 0.388 e. The maximum atomic E-state index is 13.5. The van der Waals surface area contributed by atoms with Crippen molar-refractivity contribution in [3.05, 3.63) is 29.8 Å². The third-order valence-corrected chi connectivity index (χ3v) is 4.78. The molecule has 144 valence electrons. The lowest BCUT2D eigenvalue weighted by Crippen LogP contribution is -2.39. The number of aromatic nitrogens is 1. The summed E-state index contributed by atoms with van der Waals surface area (Å²) < 4.78 is 25.3. The molecular weight excluding hydrogens is 341 g/mol. The zero-order valence-electron chi connectivity index (χ0n) is 14.9. The van der Waals surface area contributed by atoms with Gasteiger partial charge in [0.05, 0.1) is 30.9 Å². The highest BCUT2D eigenvalue weighted by atomic mass is 19.1. The fourth-order valence-electron chi connectivity index (χ4n) is 3.45. The highest BCUT2D eigenvalue weighted by Crippen LogP contribution is 2.35. The fourth-order valence-corrected chi connectivity index (χ4v) is 3.45. The second kappa shape index (κ2) is 8.85. The quantitative estimate of drug-likeness (QED) is 0.620. The van der Waals surface area contributed by atoms with Gasteiger partial charge in [-0.05, 0) is 12.5 Å². The molecule has 2 aliphatic heterocycles. The number of fused-ring (bicyclic) bond motifs is 1. The molecule has 5 unspecified atom stereocenters. The van der Waals surface area contributed by atoms with Gasteiger partial charge in [-0.1, -0.05) is 6.92 Å². The molecule has 3 heterocycles. The van der Waals surface area contributed by atoms with E-state index in [1.165, 1.54) is 12.4 Å². The van der Waals surface area contributed by atoms with E-state index in [0.717, 1.165) is 6.42 Å². The Morgan fingerprint density at radius 3 is 3.04 bits per heavy atom. The first kappa shape index (κ1) is 19.2. The minimum Gasteiger partial charge on any atom is -0.388 e. The molecule has 8 heteroatoms. The second-order valence-corrected chi connectivity index (χ2v) is 6.81. The fraction of sp³-hybridized carbons (Fsp3) is 0.667. The van der Waals surface area contributed by atoms with E-state index in [4.69, 9.17) is 9.47 Å². The van der Waals surface area contributed by atoms with Gasteiger partial charge < -0.3 is 25.2 Å². The van der Waals surface area contributed by atoms with Gasteiger partial charge in [0.2, 0.25) is 5.91 Å². The molecule has 2 saturated heterocycles. The Labute approximate surface area is 152 Å². The molecule has 5 atom stereocenters. The Balaban J connectivity index is 1.42. The number of pyridine rings is 1. The number of nitrogens with zero attached hydrogens (tertiary/aromatic N) is 1. The Kier molecular flexibility index (Phi) is 6.53. The van der Waals surface area contributed by atoms with Crippen LogP contribution in [0, 0.1) is 5.82 Å². The van der Waals surface area contributed by atoms with Crippen LogP contribution in [0.5, 0.6) is 0 Å². The number of carbonyl (C=O) groups excluding carboxylic acids is 1. The first-order valence-corrected chi connectivity index (χ1v) is 9.13. The summed E-state index contributed by atoms with van der Waals surface area (Å²) in [5.74, 6) is -0.402. The lowest BCUT2D eigenvalue weighted by Gasteiger charge is -2.20. The van der Waals surface area contributed by atoms with Gasteiger partial charge in [-0.15, -0.1) is 0 Å². The van der Waals surface area contributed by atoms with Crippen molar-refractivity contribution >= 4 is 5.91 Å². The molecule has 1 aromatic heterocycles. The van der Waals surface area contributed by atoms with Crippen molar-refractivity contribution in [2.75, 3.05) is 13.1 Å². The van der Waals surface area contributed by atoms with Crippen molar-refractivity contribution in [1.29, 1.82) is 0 Å². The highest BCUT2D eigenvalue weighted by Gasteiger charge is 2.50. The van der Waals surface area contributed by atoms with E-state index in [2.05, 4.69) is 15.6 Å². The van der Waals surface area contributed by atoms with E-state index >= 15 is 0 Å². The van der Waals surface area contributed by atoms with E-state index in [9.17, 15) is 14.3 Å². The van der Waals surface area contributed by atoms with Gasteiger partial charge in [-0.3, -0.25) is 9.78 Å². The van der Waals surface area contributed by atoms with E-state index < -0.39 is 18.3 Å². The number of halogens is 1. The van der Waals surface area contributed by atoms with E-state index in [-0.39, 0.29) is 30.4 Å². The molecule has 2 fully saturated rings. The molecule has 3 rings (SSSR count). The lowest BCUT2D eigenvalue weighted by molar-refractivity contribution is -0.124. The van der Waals surface area contributed by atoms with Crippen LogP contribution in [0.1, 0.15) is 31.7 Å². The van der Waals surface area contributed by atoms with E-state index in [0.29, 0.717) is 31.6 Å². The van der Waals surface area contributed by atoms with Gasteiger partial charge in [0, 0.05) is 37.8 Å². The van der Waals surface area contributed by atoms with Crippen molar-refractivity contribution in [3.8, 4) is 0 Å². The molecule has 7 nitrogen and oxygen atoms in total. The number of hydrogen-bond donors (Lipinski definition) is 3. The normalized spacial score (nSPS) is 30.3. The predicted molar refractivity (Wildman–Crippen MR) is 91.8 cm³/mol. The number of hydrogen-bond acceptors (Lipinski definition) is 6. The molecule has 0 aliphatic carbocycles. The van der Waals surface area contributed by atoms with Crippen LogP contribution in [0.15, 0.2) is 18.5 Å². The second-order valence-electron chi connectivity index (χ2n) is 6.81. The van der Waals surface area contributed by atoms with Gasteiger partial charge in [-0.2, -0.15) is 0 Å². The first-order chi connectivity index (χ1) is 12.6. The molecular formula is C18H26FN3O4. The predicted octanol–water partition coefficient (Wildman–Crippen LogP) is 0.512. The van der Waals surface area contributed by atoms with E-state index in [1.54, 1.807) is 6.07 Å². The highest BCUT2D eigenvalue weighted by molar-refractivity contribution is 5.76. The molecule has 2 aliphatic rings. The zero-order chi connectivity index (χ0) is 18.5. The third kappa shape index (κ3) is 4.56. The summed E-state index contributed by atoms with van der Waals surface area (Å²) in [6.07, 6.45) is 2.46. The molecule has 0 saturated carbocycles. The topological polar surface area (TPSA) is 92.7 Å². The van der Waals surface area contributed by atoms with Gasteiger partial charge in [0.1, 0.15) is 18.0 Å². The van der Waals surface area contributed by atoms with Crippen molar-refractivity contribution < 1.29 is 23.8 Å². The number of nitrogens with one attached hydrogen (secondary N) is 2. The summed E-state index contributed by atoms with van der Waals surface area (Å²) >= 11 is 0. The average molecular weight is 367 g/mol. The minimum atomic E-state index is -0.765. The summed E-state index contributed by atoms with van der Waals surface area (Å²) in [4.78, 5) is 15.5. The molecule has 0 spiro atoms. The number of carbonyl (C=O) groups is 1. The Hall–Kier alpha value is -1.61. The van der Waals surface area contributed by atoms with Gasteiger partial charge >= 0.3 is 0 Å². The molecule has 26 heavy (non-hydrogen) atoms. The SMILES string of the molecule is CCCNC(=O)CC1CC2OC(CNCc3ccncc3F)C(O)C2O1. The van der Waals surface area contributed by atoms with Crippen LogP contribution in [0.3, 0.4) is 0 Å². The Bertz CT molecular complexity index is 618. The van der Waals surface area contributed by atoms with Gasteiger partial charge in [-0.25, -0.2) is 4.39 Å². The lowest BCUT2D eigenvalue weighted by atomic mass is 10.1. The smallest absolute Gasteiger partial charge is 0.222 e. The van der Waals surface area contributed by atoms with Crippen LogP contribution >= 0.6 is 0 Å².